The predicted octanol–water partition coefficient (Wildman–Crippen LogP) is 0.0987. The van der Waals surface area contributed by atoms with E-state index >= 15 is 0 Å². The molecule has 1 saturated heterocycles. The first kappa shape index (κ1) is 18.6. The fourth-order valence-corrected chi connectivity index (χ4v) is 2.58. The summed E-state index contributed by atoms with van der Waals surface area (Å²) in [5, 5.41) is 0.918. The molecule has 0 aliphatic carbocycles. The fourth-order valence-electron chi connectivity index (χ4n) is 1.83. The zero-order chi connectivity index (χ0) is 18.3. The Labute approximate surface area is 144 Å². The lowest BCUT2D eigenvalue weighted by Crippen LogP contribution is -2.36. The molecule has 1 aromatic rings. The van der Waals surface area contributed by atoms with Gasteiger partial charge in [0, 0.05) is 5.41 Å². The fraction of sp³-hybridized carbons (Fsp3) is 0.267. The minimum atomic E-state index is -3.84. The summed E-state index contributed by atoms with van der Waals surface area (Å²) >= 11 is 0. The van der Waals surface area contributed by atoms with Crippen LogP contribution < -0.4 is 4.72 Å². The monoisotopic (exact) mass is 368 g/mol. The Morgan fingerprint density at radius 1 is 1.28 bits per heavy atom. The van der Waals surface area contributed by atoms with Crippen LogP contribution in [0.4, 0.5) is 4.79 Å². The number of hydrogen-bond acceptors (Lipinski definition) is 7. The second-order valence-electron chi connectivity index (χ2n) is 4.90. The van der Waals surface area contributed by atoms with Gasteiger partial charge < -0.3 is 9.47 Å². The number of carbonyl (C=O) groups excluding carboxylic acids is 3. The van der Waals surface area contributed by atoms with Crippen molar-refractivity contribution in [2.24, 2.45) is 0 Å². The quantitative estimate of drug-likeness (QED) is 0.678. The number of rotatable bonds is 7. The molecule has 2 rings (SSSR count). The van der Waals surface area contributed by atoms with E-state index < -0.39 is 41.1 Å². The number of ether oxygens (including phenoxy) is 2. The zero-order valence-corrected chi connectivity index (χ0v) is 13.9. The third-order valence-electron chi connectivity index (χ3n) is 3.08. The topological polar surface area (TPSA) is 119 Å². The molecule has 9 nitrogen and oxygen atoms in total. The Kier molecular flexibility index (Phi) is 6.25. The lowest BCUT2D eigenvalue weighted by Gasteiger charge is -2.10. The molecule has 1 heterocycles. The number of nitrogens with one attached hydrogen (secondary N) is 1. The van der Waals surface area contributed by atoms with E-state index in [1.54, 1.807) is 30.3 Å². The van der Waals surface area contributed by atoms with Crippen molar-refractivity contribution >= 4 is 34.1 Å². The highest BCUT2D eigenvalue weighted by atomic mass is 32.2. The van der Waals surface area contributed by atoms with Crippen LogP contribution in [0.25, 0.3) is 6.08 Å². The van der Waals surface area contributed by atoms with Crippen LogP contribution in [0, 0.1) is 0 Å². The lowest BCUT2D eigenvalue weighted by atomic mass is 10.2. The molecule has 0 bridgehead atoms. The minimum Gasteiger partial charge on any atom is -0.455 e. The first-order valence-electron chi connectivity index (χ1n) is 7.23. The highest BCUT2D eigenvalue weighted by molar-refractivity contribution is 7.92. The van der Waals surface area contributed by atoms with Crippen LogP contribution in [0.5, 0.6) is 0 Å². The number of cyclic esters (lactones) is 1. The van der Waals surface area contributed by atoms with Gasteiger partial charge in [-0.25, -0.2) is 22.8 Å². The van der Waals surface area contributed by atoms with Gasteiger partial charge in [0.05, 0.1) is 6.54 Å². The number of carbonyl (C=O) groups is 3. The molecule has 10 heteroatoms. The van der Waals surface area contributed by atoms with Crippen molar-refractivity contribution in [3.05, 3.63) is 41.3 Å². The minimum absolute atomic E-state index is 0.0894. The molecular formula is C15H16N2O7S. The number of hydrogen-bond donors (Lipinski definition) is 1. The average Bonchev–Trinajstić information content (AvgIpc) is 3.03. The highest BCUT2D eigenvalue weighted by Gasteiger charge is 2.28. The molecule has 0 saturated carbocycles. The molecule has 0 radical (unpaired) electrons. The Morgan fingerprint density at radius 2 is 2.00 bits per heavy atom. The smallest absolute Gasteiger partial charge is 0.416 e. The van der Waals surface area contributed by atoms with Gasteiger partial charge in [0.15, 0.2) is 6.61 Å². The molecule has 1 aromatic carbocycles. The molecule has 2 amide bonds. The van der Waals surface area contributed by atoms with Crippen molar-refractivity contribution in [2.45, 2.75) is 0 Å². The Morgan fingerprint density at radius 3 is 2.64 bits per heavy atom. The summed E-state index contributed by atoms with van der Waals surface area (Å²) < 4.78 is 34.7. The van der Waals surface area contributed by atoms with Crippen molar-refractivity contribution in [3.8, 4) is 0 Å². The summed E-state index contributed by atoms with van der Waals surface area (Å²) in [6.45, 7) is -1.13. The van der Waals surface area contributed by atoms with Crippen molar-refractivity contribution in [1.82, 2.24) is 9.62 Å². The van der Waals surface area contributed by atoms with Crippen LogP contribution in [0.15, 0.2) is 35.7 Å². The third kappa shape index (κ3) is 6.01. The second kappa shape index (κ2) is 8.40. The summed E-state index contributed by atoms with van der Waals surface area (Å²) in [4.78, 5) is 35.1. The van der Waals surface area contributed by atoms with Crippen molar-refractivity contribution < 1.29 is 32.3 Å². The molecule has 1 aliphatic rings. The standard InChI is InChI=1S/C15H16N2O7S/c18-13(17-7-8-23-15(17)20)11-24-14(19)10-16-25(21,22)9-6-12-4-2-1-3-5-12/h1-6,9,16H,7-8,10-11H2/b9-6+. The van der Waals surface area contributed by atoms with Crippen molar-refractivity contribution in [2.75, 3.05) is 26.3 Å². The van der Waals surface area contributed by atoms with Crippen LogP contribution in [-0.2, 0) is 29.1 Å². The molecule has 1 aliphatic heterocycles. The molecule has 1 fully saturated rings. The first-order chi connectivity index (χ1) is 11.9. The van der Waals surface area contributed by atoms with Gasteiger partial charge in [-0.1, -0.05) is 30.3 Å². The van der Waals surface area contributed by atoms with Gasteiger partial charge in [-0.15, -0.1) is 0 Å². The summed E-state index contributed by atoms with van der Waals surface area (Å²) in [5.41, 5.74) is 0.679. The predicted molar refractivity (Wildman–Crippen MR) is 86.4 cm³/mol. The highest BCUT2D eigenvalue weighted by Crippen LogP contribution is 2.04. The molecular weight excluding hydrogens is 352 g/mol. The maximum atomic E-state index is 11.8. The van der Waals surface area contributed by atoms with Crippen molar-refractivity contribution in [1.29, 1.82) is 0 Å². The summed E-state index contributed by atoms with van der Waals surface area (Å²) in [6, 6.07) is 8.74. The van der Waals surface area contributed by atoms with Gasteiger partial charge in [-0.2, -0.15) is 0 Å². The van der Waals surface area contributed by atoms with E-state index in [9.17, 15) is 22.8 Å². The van der Waals surface area contributed by atoms with Crippen LogP contribution in [0.1, 0.15) is 5.56 Å². The normalized spacial score (nSPS) is 14.6. The van der Waals surface area contributed by atoms with Crippen LogP contribution >= 0.6 is 0 Å². The van der Waals surface area contributed by atoms with Gasteiger partial charge in [0.25, 0.3) is 5.91 Å². The Hall–Kier alpha value is -2.72. The van der Waals surface area contributed by atoms with E-state index in [1.165, 1.54) is 6.08 Å². The van der Waals surface area contributed by atoms with Gasteiger partial charge in [-0.3, -0.25) is 9.59 Å². The van der Waals surface area contributed by atoms with Crippen LogP contribution in [0.2, 0.25) is 0 Å². The summed E-state index contributed by atoms with van der Waals surface area (Å²) in [7, 11) is -3.84. The second-order valence-corrected chi connectivity index (χ2v) is 6.55. The summed E-state index contributed by atoms with van der Waals surface area (Å²) in [5.74, 6) is -1.68. The first-order valence-corrected chi connectivity index (χ1v) is 8.77. The molecule has 0 atom stereocenters. The van der Waals surface area contributed by atoms with E-state index in [-0.39, 0.29) is 13.2 Å². The number of benzene rings is 1. The molecule has 25 heavy (non-hydrogen) atoms. The van der Waals surface area contributed by atoms with E-state index in [1.807, 2.05) is 4.72 Å². The van der Waals surface area contributed by atoms with Gasteiger partial charge in [0.2, 0.25) is 10.0 Å². The number of nitrogens with zero attached hydrogens (tertiary/aromatic N) is 1. The number of amides is 2. The van der Waals surface area contributed by atoms with Crippen molar-refractivity contribution in [3.63, 3.8) is 0 Å². The number of esters is 1. The van der Waals surface area contributed by atoms with Gasteiger partial charge in [0.1, 0.15) is 13.2 Å². The molecule has 0 aromatic heterocycles. The average molecular weight is 368 g/mol. The van der Waals surface area contributed by atoms with E-state index in [4.69, 9.17) is 0 Å². The van der Waals surface area contributed by atoms with Crippen LogP contribution in [-0.4, -0.2) is 57.6 Å². The maximum Gasteiger partial charge on any atom is 0.416 e. The van der Waals surface area contributed by atoms with Gasteiger partial charge in [-0.05, 0) is 11.6 Å². The Bertz CT molecular complexity index is 774. The zero-order valence-electron chi connectivity index (χ0n) is 13.1. The van der Waals surface area contributed by atoms with E-state index in [2.05, 4.69) is 9.47 Å². The van der Waals surface area contributed by atoms with Gasteiger partial charge >= 0.3 is 12.1 Å². The number of sulfonamides is 1. The van der Waals surface area contributed by atoms with E-state index in [0.29, 0.717) is 5.56 Å². The number of imide groups is 1. The maximum absolute atomic E-state index is 11.8. The molecule has 0 unspecified atom stereocenters. The molecule has 1 N–H and O–H groups in total. The largest absolute Gasteiger partial charge is 0.455 e. The summed E-state index contributed by atoms with van der Waals surface area (Å²) in [6.07, 6.45) is 0.573. The third-order valence-corrected chi connectivity index (χ3v) is 4.12. The Balaban J connectivity index is 1.76. The molecule has 134 valence electrons. The van der Waals surface area contributed by atoms with Crippen LogP contribution in [0.3, 0.4) is 0 Å². The van der Waals surface area contributed by atoms with E-state index in [0.717, 1.165) is 10.3 Å². The lowest BCUT2D eigenvalue weighted by molar-refractivity contribution is -0.149. The SMILES string of the molecule is O=C(CNS(=O)(=O)/C=C/c1ccccc1)OCC(=O)N1CCOC1=O. The molecule has 0 spiro atoms.